The normalized spacial score (nSPS) is 14.0. The van der Waals surface area contributed by atoms with Gasteiger partial charge in [-0.3, -0.25) is 0 Å². The fraction of sp³-hybridized carbons (Fsp3) is 0.368. The third-order valence-electron chi connectivity index (χ3n) is 4.11. The molecule has 0 bridgehead atoms. The molecule has 0 amide bonds. The van der Waals surface area contributed by atoms with Crippen molar-refractivity contribution in [2.45, 2.75) is 32.7 Å². The minimum absolute atomic E-state index is 0.963. The number of rotatable bonds is 5. The van der Waals surface area contributed by atoms with Gasteiger partial charge in [0.1, 0.15) is 0 Å². The Hall–Kier alpha value is -1.80. The second-order valence-corrected chi connectivity index (χ2v) is 5.73. The predicted molar refractivity (Wildman–Crippen MR) is 90.2 cm³/mol. The maximum absolute atomic E-state index is 3.45. The third-order valence-corrected chi connectivity index (χ3v) is 4.11. The number of aryl methyl sites for hydroxylation is 1. The lowest BCUT2D eigenvalue weighted by molar-refractivity contribution is 0.675. The van der Waals surface area contributed by atoms with Gasteiger partial charge in [-0.2, -0.15) is 0 Å². The average molecular weight is 280 g/mol. The van der Waals surface area contributed by atoms with Crippen molar-refractivity contribution in [1.82, 2.24) is 5.32 Å². The summed E-state index contributed by atoms with van der Waals surface area (Å²) in [5.74, 6) is 0. The van der Waals surface area contributed by atoms with Crippen LogP contribution in [0.5, 0.6) is 0 Å². The Bertz CT molecular complexity index is 574. The molecule has 1 aliphatic heterocycles. The zero-order valence-corrected chi connectivity index (χ0v) is 12.8. The number of hydrogen-bond acceptors (Lipinski definition) is 2. The van der Waals surface area contributed by atoms with Crippen LogP contribution in [0.15, 0.2) is 48.5 Å². The summed E-state index contributed by atoms with van der Waals surface area (Å²) in [5.41, 5.74) is 5.51. The summed E-state index contributed by atoms with van der Waals surface area (Å²) in [4.78, 5) is 2.45. The Balaban J connectivity index is 1.76. The van der Waals surface area contributed by atoms with Crippen molar-refractivity contribution in [3.05, 3.63) is 59.7 Å². The van der Waals surface area contributed by atoms with Crippen molar-refractivity contribution in [1.29, 1.82) is 0 Å². The van der Waals surface area contributed by atoms with E-state index in [0.29, 0.717) is 0 Å². The molecule has 0 spiro atoms. The first kappa shape index (κ1) is 14.2. The Labute approximate surface area is 127 Å². The minimum Gasteiger partial charge on any atom is -0.341 e. The van der Waals surface area contributed by atoms with E-state index >= 15 is 0 Å². The van der Waals surface area contributed by atoms with E-state index in [2.05, 4.69) is 65.7 Å². The quantitative estimate of drug-likeness (QED) is 0.823. The third kappa shape index (κ3) is 3.27. The lowest BCUT2D eigenvalue weighted by atomic mass is 10.0. The molecule has 21 heavy (non-hydrogen) atoms. The highest BCUT2D eigenvalue weighted by molar-refractivity contribution is 5.67. The fourth-order valence-electron chi connectivity index (χ4n) is 3.01. The summed E-state index contributed by atoms with van der Waals surface area (Å²) < 4.78 is 0. The molecule has 3 rings (SSSR count). The van der Waals surface area contributed by atoms with Crippen LogP contribution in [-0.2, 0) is 13.0 Å². The summed E-state index contributed by atoms with van der Waals surface area (Å²) in [6.07, 6.45) is 3.62. The molecular weight excluding hydrogens is 256 g/mol. The minimum atomic E-state index is 0.963. The van der Waals surface area contributed by atoms with Crippen LogP contribution in [0.3, 0.4) is 0 Å². The molecular formula is C19H24N2. The van der Waals surface area contributed by atoms with E-state index in [0.717, 1.165) is 19.6 Å². The number of anilines is 2. The number of fused-ring (bicyclic) bond motifs is 1. The van der Waals surface area contributed by atoms with Gasteiger partial charge in [-0.25, -0.2) is 0 Å². The van der Waals surface area contributed by atoms with E-state index in [1.807, 2.05) is 0 Å². The van der Waals surface area contributed by atoms with Gasteiger partial charge >= 0.3 is 0 Å². The van der Waals surface area contributed by atoms with Crippen LogP contribution in [0.1, 0.15) is 30.9 Å². The van der Waals surface area contributed by atoms with E-state index in [9.17, 15) is 0 Å². The highest BCUT2D eigenvalue weighted by atomic mass is 15.1. The lowest BCUT2D eigenvalue weighted by Crippen LogP contribution is -2.24. The first-order valence-corrected chi connectivity index (χ1v) is 8.03. The van der Waals surface area contributed by atoms with E-state index in [1.54, 1.807) is 0 Å². The molecule has 1 aliphatic rings. The zero-order chi connectivity index (χ0) is 14.5. The second-order valence-electron chi connectivity index (χ2n) is 5.73. The average Bonchev–Trinajstić information content (AvgIpc) is 2.55. The van der Waals surface area contributed by atoms with E-state index in [4.69, 9.17) is 0 Å². The number of benzene rings is 2. The van der Waals surface area contributed by atoms with Crippen molar-refractivity contribution >= 4 is 11.4 Å². The van der Waals surface area contributed by atoms with E-state index < -0.39 is 0 Å². The summed E-state index contributed by atoms with van der Waals surface area (Å²) in [6, 6.07) is 17.8. The summed E-state index contributed by atoms with van der Waals surface area (Å²) in [6.45, 7) is 5.36. The molecule has 0 unspecified atom stereocenters. The molecule has 0 aromatic heterocycles. The SMILES string of the molecule is CCCNCc1ccc(N2CCCc3ccccc32)cc1. The summed E-state index contributed by atoms with van der Waals surface area (Å²) >= 11 is 0. The van der Waals surface area contributed by atoms with Gasteiger partial charge in [0, 0.05) is 24.5 Å². The van der Waals surface area contributed by atoms with Gasteiger partial charge in [-0.05, 0) is 55.1 Å². The monoisotopic (exact) mass is 280 g/mol. The topological polar surface area (TPSA) is 15.3 Å². The van der Waals surface area contributed by atoms with Crippen LogP contribution in [0.2, 0.25) is 0 Å². The van der Waals surface area contributed by atoms with Crippen molar-refractivity contribution in [2.24, 2.45) is 0 Å². The largest absolute Gasteiger partial charge is 0.341 e. The van der Waals surface area contributed by atoms with Crippen LogP contribution in [0.25, 0.3) is 0 Å². The van der Waals surface area contributed by atoms with Crippen LogP contribution < -0.4 is 10.2 Å². The Morgan fingerprint density at radius 1 is 1.05 bits per heavy atom. The number of hydrogen-bond donors (Lipinski definition) is 1. The standard InChI is InChI=1S/C19H24N2/c1-2-13-20-15-16-9-11-18(12-10-16)21-14-5-7-17-6-3-4-8-19(17)21/h3-4,6,8-12,20H,2,5,7,13-15H2,1H3. The van der Waals surface area contributed by atoms with Crippen molar-refractivity contribution in [3.8, 4) is 0 Å². The van der Waals surface area contributed by atoms with E-state index in [-0.39, 0.29) is 0 Å². The molecule has 2 aromatic carbocycles. The fourth-order valence-corrected chi connectivity index (χ4v) is 3.01. The zero-order valence-electron chi connectivity index (χ0n) is 12.8. The maximum atomic E-state index is 3.45. The van der Waals surface area contributed by atoms with E-state index in [1.165, 1.54) is 41.8 Å². The molecule has 0 aliphatic carbocycles. The van der Waals surface area contributed by atoms with Crippen LogP contribution in [-0.4, -0.2) is 13.1 Å². The number of nitrogens with zero attached hydrogens (tertiary/aromatic N) is 1. The smallest absolute Gasteiger partial charge is 0.0443 e. The van der Waals surface area contributed by atoms with Crippen LogP contribution in [0.4, 0.5) is 11.4 Å². The van der Waals surface area contributed by atoms with Gasteiger partial charge in [0.25, 0.3) is 0 Å². The Morgan fingerprint density at radius 3 is 2.67 bits per heavy atom. The Morgan fingerprint density at radius 2 is 1.86 bits per heavy atom. The van der Waals surface area contributed by atoms with Crippen LogP contribution >= 0.6 is 0 Å². The molecule has 0 radical (unpaired) electrons. The maximum Gasteiger partial charge on any atom is 0.0443 e. The first-order chi connectivity index (χ1) is 10.4. The second kappa shape index (κ2) is 6.77. The molecule has 0 atom stereocenters. The molecule has 2 heteroatoms. The number of nitrogens with one attached hydrogen (secondary N) is 1. The van der Waals surface area contributed by atoms with Gasteiger partial charge < -0.3 is 10.2 Å². The van der Waals surface area contributed by atoms with Crippen molar-refractivity contribution in [3.63, 3.8) is 0 Å². The van der Waals surface area contributed by atoms with Crippen molar-refractivity contribution in [2.75, 3.05) is 18.0 Å². The van der Waals surface area contributed by atoms with Gasteiger partial charge in [0.15, 0.2) is 0 Å². The van der Waals surface area contributed by atoms with Crippen molar-refractivity contribution < 1.29 is 0 Å². The van der Waals surface area contributed by atoms with Gasteiger partial charge in [-0.1, -0.05) is 37.3 Å². The molecule has 0 saturated heterocycles. The first-order valence-electron chi connectivity index (χ1n) is 8.03. The van der Waals surface area contributed by atoms with Gasteiger partial charge in [-0.15, -0.1) is 0 Å². The molecule has 1 N–H and O–H groups in total. The number of para-hydroxylation sites is 1. The Kier molecular flexibility index (Phi) is 4.56. The molecule has 2 aromatic rings. The molecule has 110 valence electrons. The van der Waals surface area contributed by atoms with Crippen LogP contribution in [0, 0.1) is 0 Å². The molecule has 2 nitrogen and oxygen atoms in total. The molecule has 0 saturated carbocycles. The predicted octanol–water partition coefficient (Wildman–Crippen LogP) is 4.27. The lowest BCUT2D eigenvalue weighted by Gasteiger charge is -2.31. The summed E-state index contributed by atoms with van der Waals surface area (Å²) in [7, 11) is 0. The van der Waals surface area contributed by atoms with Gasteiger partial charge in [0.2, 0.25) is 0 Å². The molecule has 0 fully saturated rings. The highest BCUT2D eigenvalue weighted by Gasteiger charge is 2.17. The summed E-state index contributed by atoms with van der Waals surface area (Å²) in [5, 5.41) is 3.45. The highest BCUT2D eigenvalue weighted by Crippen LogP contribution is 2.33. The van der Waals surface area contributed by atoms with Gasteiger partial charge in [0.05, 0.1) is 0 Å². The molecule has 1 heterocycles.